The highest BCUT2D eigenvalue weighted by Crippen LogP contribution is 2.17. The minimum atomic E-state index is -1.94. The predicted octanol–water partition coefficient (Wildman–Crippen LogP) is 1.94. The third kappa shape index (κ3) is 7.24. The van der Waals surface area contributed by atoms with Crippen molar-refractivity contribution in [2.24, 2.45) is 0 Å². The maximum absolute atomic E-state index is 10.1. The molecular weight excluding hydrogens is 222 g/mol. The van der Waals surface area contributed by atoms with E-state index in [1.807, 2.05) is 0 Å². The highest BCUT2D eigenvalue weighted by molar-refractivity contribution is 6.84. The molecule has 0 aromatic heterocycles. The Morgan fingerprint density at radius 1 is 1.20 bits per heavy atom. The van der Waals surface area contributed by atoms with Gasteiger partial charge in [0.05, 0.1) is 5.73 Å². The first-order chi connectivity index (χ1) is 6.69. The minimum absolute atomic E-state index is 0.309. The maximum atomic E-state index is 10.1. The number of hydrogen-bond acceptors (Lipinski definition) is 3. The van der Waals surface area contributed by atoms with Crippen LogP contribution in [-0.4, -0.2) is 40.6 Å². The molecule has 1 atom stereocenters. The molecule has 0 rings (SSSR count). The molecular formula is C10H27NO2Si2. The summed E-state index contributed by atoms with van der Waals surface area (Å²) in [6.07, 6.45) is 1.10. The zero-order valence-corrected chi connectivity index (χ0v) is 13.1. The molecule has 0 bridgehead atoms. The Morgan fingerprint density at radius 2 is 1.73 bits per heavy atom. The Labute approximate surface area is 96.5 Å². The molecule has 0 saturated heterocycles. The van der Waals surface area contributed by atoms with E-state index in [0.29, 0.717) is 6.54 Å². The Bertz CT molecular complexity index is 181. The van der Waals surface area contributed by atoms with Crippen molar-refractivity contribution in [2.75, 3.05) is 13.1 Å². The molecule has 5 heteroatoms. The Kier molecular flexibility index (Phi) is 6.28. The van der Waals surface area contributed by atoms with Gasteiger partial charge in [0.2, 0.25) is 8.32 Å². The lowest BCUT2D eigenvalue weighted by Gasteiger charge is -2.35. The van der Waals surface area contributed by atoms with Crippen molar-refractivity contribution in [2.45, 2.75) is 51.8 Å². The second-order valence-corrected chi connectivity index (χ2v) is 14.5. The second kappa shape index (κ2) is 6.15. The van der Waals surface area contributed by atoms with Crippen LogP contribution >= 0.6 is 0 Å². The average molecular weight is 250 g/mol. The molecule has 1 unspecified atom stereocenters. The van der Waals surface area contributed by atoms with Gasteiger partial charge < -0.3 is 14.5 Å². The van der Waals surface area contributed by atoms with Gasteiger partial charge in [-0.1, -0.05) is 6.92 Å². The number of rotatable bonds is 7. The normalized spacial score (nSPS) is 15.4. The fraction of sp³-hybridized carbons (Fsp3) is 1.00. The van der Waals surface area contributed by atoms with E-state index in [9.17, 15) is 5.11 Å². The fourth-order valence-corrected chi connectivity index (χ4v) is 9.01. The maximum Gasteiger partial charge on any atom is 0.203 e. The van der Waals surface area contributed by atoms with Gasteiger partial charge in [0, 0.05) is 6.54 Å². The van der Waals surface area contributed by atoms with E-state index in [-0.39, 0.29) is 5.73 Å². The zero-order valence-electron chi connectivity index (χ0n) is 11.1. The lowest BCUT2D eigenvalue weighted by molar-refractivity contribution is 0.219. The lowest BCUT2D eigenvalue weighted by Crippen LogP contribution is -2.54. The van der Waals surface area contributed by atoms with Crippen LogP contribution in [-0.2, 0) is 4.12 Å². The van der Waals surface area contributed by atoms with Gasteiger partial charge in [-0.25, -0.2) is 0 Å². The van der Waals surface area contributed by atoms with Crippen LogP contribution in [0.15, 0.2) is 0 Å². The second-order valence-electron chi connectivity index (χ2n) is 5.54. The molecule has 0 amide bonds. The van der Waals surface area contributed by atoms with Crippen molar-refractivity contribution < 1.29 is 9.22 Å². The molecule has 0 aliphatic carbocycles. The minimum Gasteiger partial charge on any atom is -0.454 e. The number of aliphatic hydroxyl groups excluding tert-OH is 1. The molecule has 15 heavy (non-hydrogen) atoms. The Morgan fingerprint density at radius 3 is 2.13 bits per heavy atom. The van der Waals surface area contributed by atoms with Crippen molar-refractivity contribution in [1.82, 2.24) is 5.32 Å². The third-order valence-electron chi connectivity index (χ3n) is 2.14. The van der Waals surface area contributed by atoms with Crippen molar-refractivity contribution >= 4 is 16.6 Å². The molecule has 0 aromatic rings. The quantitative estimate of drug-likeness (QED) is 0.535. The number of nitrogens with one attached hydrogen (secondary N) is 1. The molecule has 0 aromatic carbocycles. The van der Waals surface area contributed by atoms with Gasteiger partial charge in [-0.15, -0.1) is 0 Å². The van der Waals surface area contributed by atoms with E-state index in [2.05, 4.69) is 45.0 Å². The summed E-state index contributed by atoms with van der Waals surface area (Å²) in [6, 6.07) is 0. The van der Waals surface area contributed by atoms with E-state index in [1.54, 1.807) is 0 Å². The van der Waals surface area contributed by atoms with Crippen molar-refractivity contribution in [1.29, 1.82) is 0 Å². The van der Waals surface area contributed by atoms with Gasteiger partial charge in [0.1, 0.15) is 0 Å². The molecule has 92 valence electrons. The largest absolute Gasteiger partial charge is 0.454 e. The van der Waals surface area contributed by atoms with Crippen LogP contribution in [0.1, 0.15) is 13.3 Å². The van der Waals surface area contributed by atoms with Crippen LogP contribution < -0.4 is 5.32 Å². The predicted molar refractivity (Wildman–Crippen MR) is 71.1 cm³/mol. The molecule has 3 nitrogen and oxygen atoms in total. The van der Waals surface area contributed by atoms with Gasteiger partial charge in [-0.05, 0) is 45.7 Å². The van der Waals surface area contributed by atoms with Crippen LogP contribution in [0, 0.1) is 0 Å². The van der Waals surface area contributed by atoms with Crippen LogP contribution in [0.25, 0.3) is 0 Å². The first-order valence-electron chi connectivity index (χ1n) is 5.78. The molecule has 0 aliphatic heterocycles. The summed E-state index contributed by atoms with van der Waals surface area (Å²) >= 11 is 0. The zero-order chi connectivity index (χ0) is 12.1. The van der Waals surface area contributed by atoms with Gasteiger partial charge in [0.15, 0.2) is 8.32 Å². The average Bonchev–Trinajstić information content (AvgIpc) is 2.00. The van der Waals surface area contributed by atoms with Crippen molar-refractivity contribution in [3.8, 4) is 0 Å². The third-order valence-corrected chi connectivity index (χ3v) is 8.50. The lowest BCUT2D eigenvalue weighted by atomic mass is 10.5. The molecule has 0 spiro atoms. The summed E-state index contributed by atoms with van der Waals surface area (Å²) in [5, 5.41) is 13.3. The van der Waals surface area contributed by atoms with Crippen LogP contribution in [0.5, 0.6) is 0 Å². The van der Waals surface area contributed by atoms with Crippen LogP contribution in [0.2, 0.25) is 32.7 Å². The molecule has 0 saturated carbocycles. The first-order valence-corrected chi connectivity index (χ1v) is 12.2. The summed E-state index contributed by atoms with van der Waals surface area (Å²) in [4.78, 5) is 0. The van der Waals surface area contributed by atoms with Gasteiger partial charge in [-0.2, -0.15) is 0 Å². The highest BCUT2D eigenvalue weighted by Gasteiger charge is 2.36. The molecule has 0 fully saturated rings. The summed E-state index contributed by atoms with van der Waals surface area (Å²) in [5.41, 5.74) is -0.309. The van der Waals surface area contributed by atoms with E-state index in [1.165, 1.54) is 0 Å². The van der Waals surface area contributed by atoms with E-state index >= 15 is 0 Å². The van der Waals surface area contributed by atoms with Crippen molar-refractivity contribution in [3.05, 3.63) is 0 Å². The molecule has 2 N–H and O–H groups in total. The fourth-order valence-electron chi connectivity index (χ4n) is 1.52. The number of aliphatic hydroxyl groups is 1. The molecule has 0 heterocycles. The number of hydrogen-bond donors (Lipinski definition) is 2. The molecule has 0 aliphatic rings. The van der Waals surface area contributed by atoms with Crippen LogP contribution in [0.4, 0.5) is 0 Å². The summed E-state index contributed by atoms with van der Waals surface area (Å²) in [6.45, 7) is 14.5. The first kappa shape index (κ1) is 15.3. The summed E-state index contributed by atoms with van der Waals surface area (Å²) in [5.74, 6) is 0. The van der Waals surface area contributed by atoms with Crippen LogP contribution in [0.3, 0.4) is 0 Å². The Balaban J connectivity index is 4.08. The van der Waals surface area contributed by atoms with Crippen molar-refractivity contribution in [3.63, 3.8) is 0 Å². The van der Waals surface area contributed by atoms with E-state index < -0.39 is 16.6 Å². The smallest absolute Gasteiger partial charge is 0.203 e. The monoisotopic (exact) mass is 249 g/mol. The summed E-state index contributed by atoms with van der Waals surface area (Å²) in [7, 11) is -3.47. The topological polar surface area (TPSA) is 41.5 Å². The Hall–Kier alpha value is 0.314. The highest BCUT2D eigenvalue weighted by atomic mass is 28.4. The van der Waals surface area contributed by atoms with Gasteiger partial charge >= 0.3 is 0 Å². The standard InChI is InChI=1S/C10H27NO2Si2/c1-7-8-11-9-10(12)15(5,6)13-14(2,3)4/h10-12H,7-9H2,1-6H3. The van der Waals surface area contributed by atoms with E-state index in [4.69, 9.17) is 4.12 Å². The summed E-state index contributed by atoms with van der Waals surface area (Å²) < 4.78 is 6.11. The van der Waals surface area contributed by atoms with E-state index in [0.717, 1.165) is 13.0 Å². The van der Waals surface area contributed by atoms with Gasteiger partial charge in [0.25, 0.3) is 0 Å². The SMILES string of the molecule is CCCNCC(O)[Si](C)(C)O[Si](C)(C)C. The molecule has 0 radical (unpaired) electrons. The van der Waals surface area contributed by atoms with Gasteiger partial charge in [-0.3, -0.25) is 0 Å².